The topological polar surface area (TPSA) is 29.1 Å². The minimum atomic E-state index is -0.178. The van der Waals surface area contributed by atoms with E-state index >= 15 is 0 Å². The van der Waals surface area contributed by atoms with Gasteiger partial charge in [-0.3, -0.25) is 4.79 Å². The van der Waals surface area contributed by atoms with Crippen LogP contribution in [0.4, 0.5) is 4.39 Å². The van der Waals surface area contributed by atoms with Crippen LogP contribution in [0.25, 0.3) is 0 Å². The van der Waals surface area contributed by atoms with Gasteiger partial charge in [-0.1, -0.05) is 18.2 Å². The third-order valence-corrected chi connectivity index (χ3v) is 1.02. The molecule has 0 spiro atoms. The van der Waals surface area contributed by atoms with Crippen molar-refractivity contribution in [1.29, 1.82) is 0 Å². The number of hydrogen-bond acceptors (Lipinski definition) is 1. The van der Waals surface area contributed by atoms with Gasteiger partial charge in [0.05, 0.1) is 0 Å². The van der Waals surface area contributed by atoms with Gasteiger partial charge in [0.1, 0.15) is 5.82 Å². The highest BCUT2D eigenvalue weighted by Gasteiger charge is 1.77. The Morgan fingerprint density at radius 2 is 2.00 bits per heavy atom. The van der Waals surface area contributed by atoms with Crippen molar-refractivity contribution in [3.8, 4) is 0 Å². The molecule has 0 aromatic heterocycles. The summed E-state index contributed by atoms with van der Waals surface area (Å²) in [4.78, 5) is 9.29. The second-order valence-electron chi connectivity index (χ2n) is 1.97. The summed E-state index contributed by atoms with van der Waals surface area (Å²) in [6.45, 7) is 2.60. The number of amides is 1. The highest BCUT2D eigenvalue weighted by atomic mass is 19.1. The molecule has 12 heavy (non-hydrogen) atoms. The average Bonchev–Trinajstić information content (AvgIpc) is 2.08. The Hall–Kier alpha value is -1.38. The second-order valence-corrected chi connectivity index (χ2v) is 1.97. The van der Waals surface area contributed by atoms with Crippen LogP contribution in [0.2, 0.25) is 0 Å². The van der Waals surface area contributed by atoms with E-state index in [0.29, 0.717) is 6.41 Å². The fourth-order valence-electron chi connectivity index (χ4n) is 0.498. The lowest BCUT2D eigenvalue weighted by Crippen LogP contribution is -2.07. The van der Waals surface area contributed by atoms with E-state index in [2.05, 4.69) is 5.32 Å². The van der Waals surface area contributed by atoms with E-state index in [1.54, 1.807) is 18.2 Å². The SMILES string of the molecule is CCNC=O.Fc1ccccc1. The summed E-state index contributed by atoms with van der Waals surface area (Å²) in [5, 5.41) is 2.43. The fourth-order valence-corrected chi connectivity index (χ4v) is 0.498. The van der Waals surface area contributed by atoms with E-state index in [1.165, 1.54) is 12.1 Å². The Morgan fingerprint density at radius 3 is 2.17 bits per heavy atom. The summed E-state index contributed by atoms with van der Waals surface area (Å²) in [6.07, 6.45) is 0.681. The minimum Gasteiger partial charge on any atom is -0.359 e. The first-order valence-electron chi connectivity index (χ1n) is 3.68. The Bertz CT molecular complexity index is 201. The lowest BCUT2D eigenvalue weighted by molar-refractivity contribution is -0.109. The van der Waals surface area contributed by atoms with Gasteiger partial charge >= 0.3 is 0 Å². The molecule has 0 atom stereocenters. The summed E-state index contributed by atoms with van der Waals surface area (Å²) in [5.41, 5.74) is 0. The lowest BCUT2D eigenvalue weighted by Gasteiger charge is -1.78. The highest BCUT2D eigenvalue weighted by molar-refractivity contribution is 5.45. The Labute approximate surface area is 71.4 Å². The predicted octanol–water partition coefficient (Wildman–Crippen LogP) is 1.58. The minimum absolute atomic E-state index is 0.178. The summed E-state index contributed by atoms with van der Waals surface area (Å²) < 4.78 is 11.9. The first kappa shape index (κ1) is 10.6. The summed E-state index contributed by atoms with van der Waals surface area (Å²) >= 11 is 0. The molecule has 0 saturated carbocycles. The molecule has 1 aromatic rings. The molecule has 0 aliphatic carbocycles. The molecule has 1 N–H and O–H groups in total. The Kier molecular flexibility index (Phi) is 6.84. The summed E-state index contributed by atoms with van der Waals surface area (Å²) in [5.74, 6) is -0.178. The van der Waals surface area contributed by atoms with Gasteiger partial charge in [0.15, 0.2) is 0 Å². The van der Waals surface area contributed by atoms with Crippen LogP contribution in [0.1, 0.15) is 6.92 Å². The van der Waals surface area contributed by atoms with Crippen LogP contribution in [-0.2, 0) is 4.79 Å². The normalized spacial score (nSPS) is 7.83. The van der Waals surface area contributed by atoms with Gasteiger partial charge in [0.25, 0.3) is 0 Å². The van der Waals surface area contributed by atoms with Gasteiger partial charge in [0.2, 0.25) is 6.41 Å². The zero-order chi connectivity index (χ0) is 9.23. The van der Waals surface area contributed by atoms with Crippen LogP contribution in [0.3, 0.4) is 0 Å². The van der Waals surface area contributed by atoms with Crippen molar-refractivity contribution in [2.45, 2.75) is 6.92 Å². The molecule has 66 valence electrons. The van der Waals surface area contributed by atoms with Gasteiger partial charge in [-0.15, -0.1) is 0 Å². The van der Waals surface area contributed by atoms with Crippen molar-refractivity contribution in [2.24, 2.45) is 0 Å². The van der Waals surface area contributed by atoms with Gasteiger partial charge in [-0.2, -0.15) is 0 Å². The zero-order valence-corrected chi connectivity index (χ0v) is 6.96. The van der Waals surface area contributed by atoms with E-state index < -0.39 is 0 Å². The van der Waals surface area contributed by atoms with Gasteiger partial charge < -0.3 is 5.32 Å². The van der Waals surface area contributed by atoms with Crippen LogP contribution in [0.5, 0.6) is 0 Å². The first-order chi connectivity index (χ1) is 5.81. The molecule has 1 rings (SSSR count). The molecule has 0 aliphatic rings. The molecular weight excluding hydrogens is 157 g/mol. The molecular formula is C9H12FNO. The van der Waals surface area contributed by atoms with Gasteiger partial charge in [0, 0.05) is 6.54 Å². The molecule has 0 fully saturated rings. The third kappa shape index (κ3) is 6.74. The van der Waals surface area contributed by atoms with E-state index in [0.717, 1.165) is 6.54 Å². The predicted molar refractivity (Wildman–Crippen MR) is 46.1 cm³/mol. The largest absolute Gasteiger partial charge is 0.359 e. The maximum atomic E-state index is 11.9. The fraction of sp³-hybridized carbons (Fsp3) is 0.222. The number of nitrogens with one attached hydrogen (secondary N) is 1. The average molecular weight is 169 g/mol. The number of halogens is 1. The summed E-state index contributed by atoms with van der Waals surface area (Å²) in [7, 11) is 0. The quantitative estimate of drug-likeness (QED) is 0.669. The van der Waals surface area contributed by atoms with E-state index in [9.17, 15) is 9.18 Å². The number of benzene rings is 1. The van der Waals surface area contributed by atoms with Crippen LogP contribution >= 0.6 is 0 Å². The van der Waals surface area contributed by atoms with Crippen LogP contribution in [-0.4, -0.2) is 13.0 Å². The van der Waals surface area contributed by atoms with Crippen LogP contribution in [0.15, 0.2) is 30.3 Å². The molecule has 2 nitrogen and oxygen atoms in total. The van der Waals surface area contributed by atoms with Crippen molar-refractivity contribution >= 4 is 6.41 Å². The molecule has 3 heteroatoms. The van der Waals surface area contributed by atoms with Crippen LogP contribution < -0.4 is 5.32 Å². The van der Waals surface area contributed by atoms with Crippen molar-refractivity contribution in [2.75, 3.05) is 6.54 Å². The molecule has 0 radical (unpaired) electrons. The van der Waals surface area contributed by atoms with Crippen molar-refractivity contribution in [3.63, 3.8) is 0 Å². The number of carbonyl (C=O) groups excluding carboxylic acids is 1. The third-order valence-electron chi connectivity index (χ3n) is 1.02. The monoisotopic (exact) mass is 169 g/mol. The highest BCUT2D eigenvalue weighted by Crippen LogP contribution is 1.91. The number of rotatable bonds is 2. The maximum absolute atomic E-state index is 11.9. The molecule has 0 bridgehead atoms. The number of carbonyl (C=O) groups is 1. The maximum Gasteiger partial charge on any atom is 0.207 e. The molecule has 1 amide bonds. The lowest BCUT2D eigenvalue weighted by atomic mass is 10.4. The van der Waals surface area contributed by atoms with Gasteiger partial charge in [-0.25, -0.2) is 4.39 Å². The first-order valence-corrected chi connectivity index (χ1v) is 3.68. The van der Waals surface area contributed by atoms with Crippen molar-refractivity contribution in [3.05, 3.63) is 36.1 Å². The Morgan fingerprint density at radius 1 is 1.42 bits per heavy atom. The molecule has 0 aliphatic heterocycles. The van der Waals surface area contributed by atoms with Gasteiger partial charge in [-0.05, 0) is 19.1 Å². The van der Waals surface area contributed by atoms with Crippen molar-refractivity contribution in [1.82, 2.24) is 5.32 Å². The van der Waals surface area contributed by atoms with Crippen molar-refractivity contribution < 1.29 is 9.18 Å². The molecule has 0 unspecified atom stereocenters. The summed E-state index contributed by atoms with van der Waals surface area (Å²) in [6, 6.07) is 7.94. The smallest absolute Gasteiger partial charge is 0.207 e. The van der Waals surface area contributed by atoms with E-state index in [-0.39, 0.29) is 5.82 Å². The van der Waals surface area contributed by atoms with E-state index in [4.69, 9.17) is 0 Å². The zero-order valence-electron chi connectivity index (χ0n) is 6.96. The molecule has 0 heterocycles. The number of hydrogen-bond donors (Lipinski definition) is 1. The Balaban J connectivity index is 0.000000217. The second kappa shape index (κ2) is 7.72. The molecule has 0 saturated heterocycles. The molecule has 1 aromatic carbocycles. The standard InChI is InChI=1S/C6H5F.C3H7NO/c7-6-4-2-1-3-5-6;1-2-4-3-5/h1-5H;3H,2H2,1H3,(H,4,5). The van der Waals surface area contributed by atoms with Crippen LogP contribution in [0, 0.1) is 5.82 Å². The van der Waals surface area contributed by atoms with E-state index in [1.807, 2.05) is 6.92 Å².